The van der Waals surface area contributed by atoms with E-state index in [1.807, 2.05) is 46.3 Å². The second kappa shape index (κ2) is 5.90. The number of benzene rings is 1. The summed E-state index contributed by atoms with van der Waals surface area (Å²) in [5, 5.41) is 12.7. The lowest BCUT2D eigenvalue weighted by Crippen LogP contribution is -2.15. The lowest BCUT2D eigenvalue weighted by molar-refractivity contribution is -0.115. The van der Waals surface area contributed by atoms with Crippen molar-refractivity contribution in [2.75, 3.05) is 5.32 Å². The van der Waals surface area contributed by atoms with Crippen LogP contribution in [0.25, 0.3) is 16.2 Å². The molecule has 0 aliphatic carbocycles. The van der Waals surface area contributed by atoms with Crippen molar-refractivity contribution < 1.29 is 4.79 Å². The predicted octanol–water partition coefficient (Wildman–Crippen LogP) is 3.10. The van der Waals surface area contributed by atoms with Gasteiger partial charge in [0, 0.05) is 22.8 Å². The monoisotopic (exact) mass is 341 g/mol. The molecule has 6 nitrogen and oxygen atoms in total. The van der Waals surface area contributed by atoms with Gasteiger partial charge in [-0.1, -0.05) is 41.7 Å². The van der Waals surface area contributed by atoms with Crippen molar-refractivity contribution in [3.05, 3.63) is 53.1 Å². The van der Waals surface area contributed by atoms with Gasteiger partial charge in [0.05, 0.1) is 12.1 Å². The number of thiazole rings is 1. The molecule has 1 aromatic carbocycles. The van der Waals surface area contributed by atoms with Crippen LogP contribution in [0.3, 0.4) is 0 Å². The van der Waals surface area contributed by atoms with Crippen molar-refractivity contribution in [1.29, 1.82) is 0 Å². The van der Waals surface area contributed by atoms with Gasteiger partial charge < -0.3 is 5.32 Å². The van der Waals surface area contributed by atoms with Gasteiger partial charge in [-0.05, 0) is 0 Å². The molecule has 114 valence electrons. The molecule has 0 aliphatic heterocycles. The SMILES string of the molecule is O=C(Cc1csc2nc(-c3ccccc3)cn12)Nc1nncs1. The fourth-order valence-electron chi connectivity index (χ4n) is 2.26. The summed E-state index contributed by atoms with van der Waals surface area (Å²) in [5.74, 6) is -0.114. The molecular weight excluding hydrogens is 330 g/mol. The van der Waals surface area contributed by atoms with Gasteiger partial charge in [0.1, 0.15) is 5.51 Å². The molecule has 8 heteroatoms. The first-order valence-corrected chi connectivity index (χ1v) is 8.62. The van der Waals surface area contributed by atoms with Crippen molar-refractivity contribution >= 4 is 38.7 Å². The Balaban J connectivity index is 1.58. The Morgan fingerprint density at radius 1 is 1.22 bits per heavy atom. The zero-order valence-electron chi connectivity index (χ0n) is 11.8. The van der Waals surface area contributed by atoms with Crippen LogP contribution in [0.5, 0.6) is 0 Å². The molecule has 0 bridgehead atoms. The molecule has 3 aromatic heterocycles. The molecule has 4 aromatic rings. The normalized spacial score (nSPS) is 11.0. The molecule has 0 fully saturated rings. The van der Waals surface area contributed by atoms with Crippen molar-refractivity contribution in [2.24, 2.45) is 0 Å². The maximum atomic E-state index is 12.1. The summed E-state index contributed by atoms with van der Waals surface area (Å²) in [6, 6.07) is 9.99. The minimum atomic E-state index is -0.114. The van der Waals surface area contributed by atoms with E-state index in [2.05, 4.69) is 20.5 Å². The van der Waals surface area contributed by atoms with Crippen LogP contribution >= 0.6 is 22.7 Å². The van der Waals surface area contributed by atoms with Gasteiger partial charge in [0.25, 0.3) is 0 Å². The average molecular weight is 341 g/mol. The van der Waals surface area contributed by atoms with Crippen molar-refractivity contribution in [1.82, 2.24) is 19.6 Å². The fourth-order valence-corrected chi connectivity index (χ4v) is 3.59. The summed E-state index contributed by atoms with van der Waals surface area (Å²) in [4.78, 5) is 17.6. The average Bonchev–Trinajstić information content (AvgIpc) is 3.27. The Morgan fingerprint density at radius 3 is 2.87 bits per heavy atom. The van der Waals surface area contributed by atoms with Gasteiger partial charge >= 0.3 is 0 Å². The number of imidazole rings is 1. The summed E-state index contributed by atoms with van der Waals surface area (Å²) < 4.78 is 1.96. The Labute approximate surface area is 139 Å². The van der Waals surface area contributed by atoms with Crippen molar-refractivity contribution in [2.45, 2.75) is 6.42 Å². The van der Waals surface area contributed by atoms with Crippen molar-refractivity contribution in [3.63, 3.8) is 0 Å². The number of nitrogens with zero attached hydrogens (tertiary/aromatic N) is 4. The van der Waals surface area contributed by atoms with E-state index < -0.39 is 0 Å². The topological polar surface area (TPSA) is 72.2 Å². The quantitative estimate of drug-likeness (QED) is 0.619. The second-order valence-corrected chi connectivity index (χ2v) is 6.51. The van der Waals surface area contributed by atoms with Gasteiger partial charge in [-0.15, -0.1) is 21.5 Å². The third-order valence-electron chi connectivity index (χ3n) is 3.30. The number of amides is 1. The molecular formula is C15H11N5OS2. The zero-order valence-corrected chi connectivity index (χ0v) is 13.5. The van der Waals surface area contributed by atoms with Crippen LogP contribution < -0.4 is 5.32 Å². The number of anilines is 1. The molecule has 0 radical (unpaired) electrons. The lowest BCUT2D eigenvalue weighted by Gasteiger charge is -2.00. The number of hydrogen-bond donors (Lipinski definition) is 1. The van der Waals surface area contributed by atoms with E-state index in [4.69, 9.17) is 0 Å². The minimum absolute atomic E-state index is 0.114. The third kappa shape index (κ3) is 2.86. The van der Waals surface area contributed by atoms with E-state index in [1.165, 1.54) is 22.7 Å². The summed E-state index contributed by atoms with van der Waals surface area (Å²) in [6.45, 7) is 0. The number of rotatable bonds is 4. The van der Waals surface area contributed by atoms with E-state index in [-0.39, 0.29) is 12.3 Å². The predicted molar refractivity (Wildman–Crippen MR) is 90.7 cm³/mol. The summed E-state index contributed by atoms with van der Waals surface area (Å²) in [7, 11) is 0. The number of aromatic nitrogens is 4. The maximum absolute atomic E-state index is 12.1. The molecule has 0 atom stereocenters. The number of hydrogen-bond acceptors (Lipinski definition) is 6. The van der Waals surface area contributed by atoms with Gasteiger partial charge in [0.15, 0.2) is 4.96 Å². The van der Waals surface area contributed by atoms with Crippen LogP contribution in [-0.2, 0) is 11.2 Å². The number of fused-ring (bicyclic) bond motifs is 1. The third-order valence-corrected chi connectivity index (χ3v) is 4.80. The zero-order chi connectivity index (χ0) is 15.6. The van der Waals surface area contributed by atoms with Gasteiger partial charge in [-0.3, -0.25) is 9.20 Å². The van der Waals surface area contributed by atoms with Crippen LogP contribution in [0.4, 0.5) is 5.13 Å². The molecule has 0 saturated heterocycles. The molecule has 0 saturated carbocycles. The largest absolute Gasteiger partial charge is 0.300 e. The smallest absolute Gasteiger partial charge is 0.232 e. The standard InChI is InChI=1S/C15H11N5OS2/c21-13(18-14-19-16-9-23-14)6-11-8-22-15-17-12(7-20(11)15)10-4-2-1-3-5-10/h1-5,7-9H,6H2,(H,18,19,21). The van der Waals surface area contributed by atoms with Gasteiger partial charge in [-0.2, -0.15) is 0 Å². The first kappa shape index (κ1) is 14.0. The summed E-state index contributed by atoms with van der Waals surface area (Å²) in [5.41, 5.74) is 4.46. The van der Waals surface area contributed by atoms with Crippen LogP contribution in [0, 0.1) is 0 Å². The van der Waals surface area contributed by atoms with Crippen LogP contribution in [0.2, 0.25) is 0 Å². The molecule has 23 heavy (non-hydrogen) atoms. The minimum Gasteiger partial charge on any atom is -0.300 e. The Hall–Kier alpha value is -2.58. The molecule has 3 heterocycles. The highest BCUT2D eigenvalue weighted by Crippen LogP contribution is 2.24. The Bertz CT molecular complexity index is 943. The van der Waals surface area contributed by atoms with E-state index >= 15 is 0 Å². The van der Waals surface area contributed by atoms with Crippen LogP contribution in [0.1, 0.15) is 5.69 Å². The first-order valence-electron chi connectivity index (χ1n) is 6.86. The van der Waals surface area contributed by atoms with Crippen molar-refractivity contribution in [3.8, 4) is 11.3 Å². The van der Waals surface area contributed by atoms with Crippen LogP contribution in [-0.4, -0.2) is 25.5 Å². The summed E-state index contributed by atoms with van der Waals surface area (Å²) >= 11 is 2.82. The number of carbonyl (C=O) groups is 1. The Kier molecular flexibility index (Phi) is 3.60. The second-order valence-electron chi connectivity index (χ2n) is 4.84. The van der Waals surface area contributed by atoms with E-state index in [0.717, 1.165) is 21.9 Å². The first-order chi connectivity index (χ1) is 11.3. The summed E-state index contributed by atoms with van der Waals surface area (Å²) in [6.07, 6.45) is 2.24. The highest BCUT2D eigenvalue weighted by molar-refractivity contribution is 7.15. The highest BCUT2D eigenvalue weighted by Gasteiger charge is 2.13. The lowest BCUT2D eigenvalue weighted by atomic mass is 10.2. The molecule has 0 unspecified atom stereocenters. The molecule has 1 amide bonds. The number of carbonyl (C=O) groups excluding carboxylic acids is 1. The fraction of sp³-hybridized carbons (Fsp3) is 0.0667. The highest BCUT2D eigenvalue weighted by atomic mass is 32.1. The van der Waals surface area contributed by atoms with E-state index in [1.54, 1.807) is 5.51 Å². The van der Waals surface area contributed by atoms with E-state index in [0.29, 0.717) is 5.13 Å². The Morgan fingerprint density at radius 2 is 2.09 bits per heavy atom. The van der Waals surface area contributed by atoms with E-state index in [9.17, 15) is 4.79 Å². The van der Waals surface area contributed by atoms with Crippen LogP contribution in [0.15, 0.2) is 47.4 Å². The molecule has 1 N–H and O–H groups in total. The molecule has 0 aliphatic rings. The molecule has 4 rings (SSSR count). The van der Waals surface area contributed by atoms with Gasteiger partial charge in [-0.25, -0.2) is 4.98 Å². The maximum Gasteiger partial charge on any atom is 0.232 e. The molecule has 0 spiro atoms. The van der Waals surface area contributed by atoms with Gasteiger partial charge in [0.2, 0.25) is 11.0 Å². The number of nitrogens with one attached hydrogen (secondary N) is 1.